The lowest BCUT2D eigenvalue weighted by atomic mass is 9.92. The number of hydrogen-bond acceptors (Lipinski definition) is 4. The maximum atomic E-state index is 5.64. The van der Waals surface area contributed by atoms with Gasteiger partial charge >= 0.3 is 0 Å². The van der Waals surface area contributed by atoms with E-state index in [1.807, 2.05) is 13.8 Å². The van der Waals surface area contributed by atoms with Crippen LogP contribution in [0.1, 0.15) is 49.4 Å². The molecular formula is C17H23N3OS. The molecule has 3 heterocycles. The SMILES string of the molecule is C=C(OCC)c1c(C)nn2c1NC(c1cccs1)CC2(C)C. The van der Waals surface area contributed by atoms with Crippen LogP contribution in [0.2, 0.25) is 0 Å². The van der Waals surface area contributed by atoms with Gasteiger partial charge in [-0.1, -0.05) is 12.6 Å². The molecule has 2 aromatic rings. The molecule has 118 valence electrons. The molecule has 0 spiro atoms. The van der Waals surface area contributed by atoms with Gasteiger partial charge in [0.15, 0.2) is 0 Å². The van der Waals surface area contributed by atoms with E-state index in [4.69, 9.17) is 9.84 Å². The number of thiophene rings is 1. The van der Waals surface area contributed by atoms with E-state index in [-0.39, 0.29) is 5.54 Å². The van der Waals surface area contributed by atoms with Crippen LogP contribution in [-0.2, 0) is 10.3 Å². The van der Waals surface area contributed by atoms with Gasteiger partial charge in [-0.2, -0.15) is 5.10 Å². The summed E-state index contributed by atoms with van der Waals surface area (Å²) in [5, 5.41) is 10.5. The Morgan fingerprint density at radius 2 is 2.36 bits per heavy atom. The highest BCUT2D eigenvalue weighted by molar-refractivity contribution is 7.10. The zero-order valence-electron chi connectivity index (χ0n) is 13.6. The molecule has 1 atom stereocenters. The van der Waals surface area contributed by atoms with Gasteiger partial charge in [0, 0.05) is 4.88 Å². The fraction of sp³-hybridized carbons (Fsp3) is 0.471. The van der Waals surface area contributed by atoms with E-state index in [1.54, 1.807) is 11.3 Å². The van der Waals surface area contributed by atoms with Crippen molar-refractivity contribution in [3.05, 3.63) is 40.2 Å². The van der Waals surface area contributed by atoms with Crippen LogP contribution in [0.4, 0.5) is 5.82 Å². The minimum Gasteiger partial charge on any atom is -0.494 e. The molecule has 1 aliphatic rings. The highest BCUT2D eigenvalue weighted by atomic mass is 32.1. The number of nitrogens with one attached hydrogen (secondary N) is 1. The number of aryl methyl sites for hydroxylation is 1. The molecule has 0 radical (unpaired) electrons. The van der Waals surface area contributed by atoms with Gasteiger partial charge in [0.25, 0.3) is 0 Å². The maximum absolute atomic E-state index is 5.64. The number of aromatic nitrogens is 2. The third kappa shape index (κ3) is 2.43. The Hall–Kier alpha value is -1.75. The van der Waals surface area contributed by atoms with E-state index in [2.05, 4.69) is 47.9 Å². The van der Waals surface area contributed by atoms with Crippen LogP contribution in [0.15, 0.2) is 24.1 Å². The summed E-state index contributed by atoms with van der Waals surface area (Å²) < 4.78 is 7.73. The Morgan fingerprint density at radius 1 is 1.59 bits per heavy atom. The number of rotatable bonds is 4. The molecule has 0 fully saturated rings. The van der Waals surface area contributed by atoms with Crippen molar-refractivity contribution in [1.82, 2.24) is 9.78 Å². The first-order valence-corrected chi connectivity index (χ1v) is 8.54. The van der Waals surface area contributed by atoms with Crippen molar-refractivity contribution in [2.24, 2.45) is 0 Å². The number of nitrogens with zero attached hydrogens (tertiary/aromatic N) is 2. The first-order chi connectivity index (χ1) is 10.4. The number of anilines is 1. The molecule has 4 nitrogen and oxygen atoms in total. The molecule has 0 bridgehead atoms. The van der Waals surface area contributed by atoms with Gasteiger partial charge in [0.05, 0.1) is 29.4 Å². The summed E-state index contributed by atoms with van der Waals surface area (Å²) >= 11 is 1.79. The first kappa shape index (κ1) is 15.2. The highest BCUT2D eigenvalue weighted by Gasteiger charge is 2.37. The summed E-state index contributed by atoms with van der Waals surface area (Å²) in [6.07, 6.45) is 1.00. The van der Waals surface area contributed by atoms with E-state index < -0.39 is 0 Å². The zero-order chi connectivity index (χ0) is 15.9. The van der Waals surface area contributed by atoms with Gasteiger partial charge < -0.3 is 10.1 Å². The Morgan fingerprint density at radius 3 is 3.00 bits per heavy atom. The number of ether oxygens (including phenoxy) is 1. The molecule has 0 saturated carbocycles. The summed E-state index contributed by atoms with van der Waals surface area (Å²) in [5.74, 6) is 1.71. The maximum Gasteiger partial charge on any atom is 0.136 e. The molecule has 3 rings (SSSR count). The van der Waals surface area contributed by atoms with Crippen LogP contribution in [0.3, 0.4) is 0 Å². The van der Waals surface area contributed by atoms with Gasteiger partial charge in [-0.25, -0.2) is 4.68 Å². The normalized spacial score (nSPS) is 19.4. The fourth-order valence-corrected chi connectivity index (χ4v) is 3.92. The van der Waals surface area contributed by atoms with Gasteiger partial charge in [-0.05, 0) is 45.6 Å². The van der Waals surface area contributed by atoms with Crippen molar-refractivity contribution in [2.75, 3.05) is 11.9 Å². The predicted molar refractivity (Wildman–Crippen MR) is 92.2 cm³/mol. The lowest BCUT2D eigenvalue weighted by Crippen LogP contribution is -2.37. The topological polar surface area (TPSA) is 39.1 Å². The molecule has 0 aromatic carbocycles. The van der Waals surface area contributed by atoms with Gasteiger partial charge in [-0.3, -0.25) is 0 Å². The van der Waals surface area contributed by atoms with Gasteiger partial charge in [0.2, 0.25) is 0 Å². The summed E-state index contributed by atoms with van der Waals surface area (Å²) in [4.78, 5) is 1.35. The van der Waals surface area contributed by atoms with Crippen molar-refractivity contribution in [3.8, 4) is 0 Å². The summed E-state index contributed by atoms with van der Waals surface area (Å²) in [7, 11) is 0. The molecule has 1 aliphatic heterocycles. The Balaban J connectivity index is 2.06. The van der Waals surface area contributed by atoms with Crippen molar-refractivity contribution in [3.63, 3.8) is 0 Å². The second-order valence-electron chi connectivity index (χ2n) is 6.31. The van der Waals surface area contributed by atoms with Crippen molar-refractivity contribution in [1.29, 1.82) is 0 Å². The summed E-state index contributed by atoms with van der Waals surface area (Å²) in [6, 6.07) is 4.59. The molecule has 5 heteroatoms. The van der Waals surface area contributed by atoms with Crippen LogP contribution in [-0.4, -0.2) is 16.4 Å². The van der Waals surface area contributed by atoms with E-state index in [0.717, 1.165) is 23.5 Å². The minimum absolute atomic E-state index is 0.0508. The van der Waals surface area contributed by atoms with E-state index in [9.17, 15) is 0 Å². The second-order valence-corrected chi connectivity index (χ2v) is 7.29. The van der Waals surface area contributed by atoms with Crippen LogP contribution < -0.4 is 5.32 Å². The second kappa shape index (κ2) is 5.47. The predicted octanol–water partition coefficient (Wildman–Crippen LogP) is 4.55. The Kier molecular flexibility index (Phi) is 3.77. The molecule has 2 aromatic heterocycles. The van der Waals surface area contributed by atoms with Gasteiger partial charge in [0.1, 0.15) is 11.6 Å². The molecular weight excluding hydrogens is 294 g/mol. The average Bonchev–Trinajstić information content (AvgIpc) is 3.05. The molecule has 0 saturated heterocycles. The van der Waals surface area contributed by atoms with E-state index in [0.29, 0.717) is 18.4 Å². The standard InChI is InChI=1S/C17H23N3OS/c1-6-21-12(3)15-11(2)19-20-16(15)18-13(10-17(20,4)5)14-8-7-9-22-14/h7-9,13,18H,3,6,10H2,1-2,4-5H3. The van der Waals surface area contributed by atoms with Crippen LogP contribution in [0.5, 0.6) is 0 Å². The molecule has 0 amide bonds. The summed E-state index contributed by atoms with van der Waals surface area (Å²) in [5.41, 5.74) is 1.90. The first-order valence-electron chi connectivity index (χ1n) is 7.66. The Labute approximate surface area is 135 Å². The monoisotopic (exact) mass is 317 g/mol. The lowest BCUT2D eigenvalue weighted by Gasteiger charge is -2.38. The number of fused-ring (bicyclic) bond motifs is 1. The molecule has 0 aliphatic carbocycles. The van der Waals surface area contributed by atoms with Crippen molar-refractivity contribution < 1.29 is 4.74 Å². The molecule has 1 N–H and O–H groups in total. The number of hydrogen-bond donors (Lipinski definition) is 1. The largest absolute Gasteiger partial charge is 0.494 e. The summed E-state index contributed by atoms with van der Waals surface area (Å²) in [6.45, 7) is 13.1. The molecule has 1 unspecified atom stereocenters. The third-order valence-electron chi connectivity index (χ3n) is 4.13. The van der Waals surface area contributed by atoms with Crippen LogP contribution in [0.25, 0.3) is 5.76 Å². The minimum atomic E-state index is -0.0508. The molecule has 22 heavy (non-hydrogen) atoms. The smallest absolute Gasteiger partial charge is 0.136 e. The highest BCUT2D eigenvalue weighted by Crippen LogP contribution is 2.43. The quantitative estimate of drug-likeness (QED) is 0.841. The van der Waals surface area contributed by atoms with Gasteiger partial charge in [-0.15, -0.1) is 11.3 Å². The third-order valence-corrected chi connectivity index (χ3v) is 5.12. The average molecular weight is 317 g/mol. The van der Waals surface area contributed by atoms with E-state index >= 15 is 0 Å². The Bertz CT molecular complexity index is 685. The van der Waals surface area contributed by atoms with Crippen molar-refractivity contribution in [2.45, 2.75) is 45.7 Å². The zero-order valence-corrected chi connectivity index (χ0v) is 14.5. The van der Waals surface area contributed by atoms with Crippen LogP contribution in [0, 0.1) is 6.92 Å². The van der Waals surface area contributed by atoms with Crippen LogP contribution >= 0.6 is 11.3 Å². The lowest BCUT2D eigenvalue weighted by molar-refractivity contribution is 0.263. The van der Waals surface area contributed by atoms with E-state index in [1.165, 1.54) is 4.88 Å². The van der Waals surface area contributed by atoms with Crippen molar-refractivity contribution >= 4 is 22.9 Å². The fourth-order valence-electron chi connectivity index (χ4n) is 3.14.